The van der Waals surface area contributed by atoms with Gasteiger partial charge in [-0.05, 0) is 50.9 Å². The van der Waals surface area contributed by atoms with Gasteiger partial charge in [-0.25, -0.2) is 4.39 Å². The first-order chi connectivity index (χ1) is 8.52. The summed E-state index contributed by atoms with van der Waals surface area (Å²) in [6, 6.07) is 4.15. The predicted octanol–water partition coefficient (Wildman–Crippen LogP) is 3.13. The first-order valence-corrected chi connectivity index (χ1v) is 6.58. The maximum Gasteiger partial charge on any atom is 0.129 e. The van der Waals surface area contributed by atoms with Crippen molar-refractivity contribution in [2.45, 2.75) is 39.3 Å². The van der Waals surface area contributed by atoms with E-state index in [2.05, 4.69) is 12.2 Å². The molecule has 1 aliphatic rings. The lowest BCUT2D eigenvalue weighted by atomic mass is 9.89. The van der Waals surface area contributed by atoms with Crippen LogP contribution in [-0.2, 0) is 4.74 Å². The second-order valence-corrected chi connectivity index (χ2v) is 5.37. The molecule has 1 aromatic carbocycles. The van der Waals surface area contributed by atoms with Crippen LogP contribution in [0.15, 0.2) is 12.1 Å². The molecule has 1 N–H and O–H groups in total. The van der Waals surface area contributed by atoms with Crippen LogP contribution in [0, 0.1) is 25.6 Å². The SMILES string of the molecule is CNC(c1cc(C)c(F)c(C)c1)C1COC(C)C1. The van der Waals surface area contributed by atoms with Gasteiger partial charge in [-0.1, -0.05) is 12.1 Å². The van der Waals surface area contributed by atoms with Crippen molar-refractivity contribution >= 4 is 0 Å². The zero-order chi connectivity index (χ0) is 13.3. The molecule has 0 aromatic heterocycles. The van der Waals surface area contributed by atoms with Crippen molar-refractivity contribution in [2.24, 2.45) is 5.92 Å². The van der Waals surface area contributed by atoms with E-state index in [1.807, 2.05) is 33.0 Å². The summed E-state index contributed by atoms with van der Waals surface area (Å²) < 4.78 is 19.3. The zero-order valence-electron chi connectivity index (χ0n) is 11.6. The van der Waals surface area contributed by atoms with Crippen LogP contribution >= 0.6 is 0 Å². The van der Waals surface area contributed by atoms with E-state index in [0.717, 1.165) is 29.7 Å². The summed E-state index contributed by atoms with van der Waals surface area (Å²) in [7, 11) is 1.96. The number of halogens is 1. The second kappa shape index (κ2) is 5.37. The van der Waals surface area contributed by atoms with E-state index in [0.29, 0.717) is 12.0 Å². The molecular formula is C15H22FNO. The van der Waals surface area contributed by atoms with Crippen molar-refractivity contribution in [1.29, 1.82) is 0 Å². The minimum absolute atomic E-state index is 0.0929. The van der Waals surface area contributed by atoms with Crippen LogP contribution in [0.25, 0.3) is 0 Å². The number of rotatable bonds is 3. The third kappa shape index (κ3) is 2.57. The van der Waals surface area contributed by atoms with Crippen molar-refractivity contribution in [3.63, 3.8) is 0 Å². The van der Waals surface area contributed by atoms with Crippen molar-refractivity contribution in [1.82, 2.24) is 5.32 Å². The van der Waals surface area contributed by atoms with E-state index in [1.165, 1.54) is 0 Å². The number of hydrogen-bond acceptors (Lipinski definition) is 2. The average Bonchev–Trinajstić information content (AvgIpc) is 2.73. The van der Waals surface area contributed by atoms with Crippen LogP contribution in [-0.4, -0.2) is 19.8 Å². The maximum atomic E-state index is 13.7. The normalized spacial score (nSPS) is 25.4. The molecule has 0 amide bonds. The highest BCUT2D eigenvalue weighted by atomic mass is 19.1. The molecule has 1 fully saturated rings. The first-order valence-electron chi connectivity index (χ1n) is 6.58. The molecule has 0 bridgehead atoms. The average molecular weight is 251 g/mol. The van der Waals surface area contributed by atoms with E-state index >= 15 is 0 Å². The Labute approximate surface area is 109 Å². The van der Waals surface area contributed by atoms with Gasteiger partial charge in [-0.3, -0.25) is 0 Å². The highest BCUT2D eigenvalue weighted by Gasteiger charge is 2.30. The van der Waals surface area contributed by atoms with Gasteiger partial charge in [-0.2, -0.15) is 0 Å². The first kappa shape index (κ1) is 13.5. The summed E-state index contributed by atoms with van der Waals surface area (Å²) >= 11 is 0. The number of aryl methyl sites for hydroxylation is 2. The third-order valence-corrected chi connectivity index (χ3v) is 3.83. The molecule has 0 spiro atoms. The smallest absolute Gasteiger partial charge is 0.129 e. The van der Waals surface area contributed by atoms with Crippen LogP contribution in [0.3, 0.4) is 0 Å². The summed E-state index contributed by atoms with van der Waals surface area (Å²) in [5, 5.41) is 3.35. The minimum atomic E-state index is -0.0929. The molecule has 18 heavy (non-hydrogen) atoms. The Hall–Kier alpha value is -0.930. The largest absolute Gasteiger partial charge is 0.378 e. The summed E-state index contributed by atoms with van der Waals surface area (Å²) in [6.45, 7) is 6.54. The molecule has 2 rings (SSSR count). The van der Waals surface area contributed by atoms with E-state index in [9.17, 15) is 4.39 Å². The fraction of sp³-hybridized carbons (Fsp3) is 0.600. The van der Waals surface area contributed by atoms with Gasteiger partial charge < -0.3 is 10.1 Å². The third-order valence-electron chi connectivity index (χ3n) is 3.83. The van der Waals surface area contributed by atoms with Crippen LogP contribution in [0.1, 0.15) is 36.1 Å². The van der Waals surface area contributed by atoms with Gasteiger partial charge in [0.2, 0.25) is 0 Å². The quantitative estimate of drug-likeness (QED) is 0.891. The lowest BCUT2D eigenvalue weighted by Crippen LogP contribution is -2.26. The Balaban J connectivity index is 2.27. The Bertz CT molecular complexity index is 409. The van der Waals surface area contributed by atoms with Gasteiger partial charge in [0, 0.05) is 12.0 Å². The highest BCUT2D eigenvalue weighted by Crippen LogP contribution is 2.32. The maximum absolute atomic E-state index is 13.7. The Morgan fingerprint density at radius 1 is 1.33 bits per heavy atom. The fourth-order valence-electron chi connectivity index (χ4n) is 2.92. The van der Waals surface area contributed by atoms with Crippen molar-refractivity contribution < 1.29 is 9.13 Å². The number of hydrogen-bond donors (Lipinski definition) is 1. The molecule has 1 aromatic rings. The zero-order valence-corrected chi connectivity index (χ0v) is 11.6. The van der Waals surface area contributed by atoms with Crippen molar-refractivity contribution in [3.8, 4) is 0 Å². The van der Waals surface area contributed by atoms with Gasteiger partial charge in [0.1, 0.15) is 5.82 Å². The molecule has 0 radical (unpaired) electrons. The lowest BCUT2D eigenvalue weighted by molar-refractivity contribution is 0.117. The Morgan fingerprint density at radius 2 is 1.94 bits per heavy atom. The van der Waals surface area contributed by atoms with Crippen molar-refractivity contribution in [2.75, 3.05) is 13.7 Å². The van der Waals surface area contributed by atoms with Gasteiger partial charge in [0.15, 0.2) is 0 Å². The van der Waals surface area contributed by atoms with Crippen LogP contribution in [0.4, 0.5) is 4.39 Å². The summed E-state index contributed by atoms with van der Waals surface area (Å²) in [6.07, 6.45) is 1.38. The summed E-state index contributed by atoms with van der Waals surface area (Å²) in [5.41, 5.74) is 2.60. The predicted molar refractivity (Wildman–Crippen MR) is 71.2 cm³/mol. The summed E-state index contributed by atoms with van der Waals surface area (Å²) in [5.74, 6) is 0.374. The van der Waals surface area contributed by atoms with Gasteiger partial charge in [0.05, 0.1) is 12.7 Å². The molecule has 1 aliphatic heterocycles. The molecule has 0 saturated carbocycles. The standard InChI is InChI=1S/C15H22FNO/c1-9-5-12(6-10(2)14(9)16)15(17-4)13-7-11(3)18-8-13/h5-6,11,13,15,17H,7-8H2,1-4H3. The molecule has 1 heterocycles. The Kier molecular flexibility index (Phi) is 4.03. The lowest BCUT2D eigenvalue weighted by Gasteiger charge is -2.23. The van der Waals surface area contributed by atoms with Crippen LogP contribution < -0.4 is 5.32 Å². The van der Waals surface area contributed by atoms with E-state index in [1.54, 1.807) is 0 Å². The minimum Gasteiger partial charge on any atom is -0.378 e. The fourth-order valence-corrected chi connectivity index (χ4v) is 2.92. The van der Waals surface area contributed by atoms with Gasteiger partial charge >= 0.3 is 0 Å². The van der Waals surface area contributed by atoms with Crippen molar-refractivity contribution in [3.05, 3.63) is 34.6 Å². The topological polar surface area (TPSA) is 21.3 Å². The number of benzene rings is 1. The summed E-state index contributed by atoms with van der Waals surface area (Å²) in [4.78, 5) is 0. The van der Waals surface area contributed by atoms with Crippen LogP contribution in [0.2, 0.25) is 0 Å². The molecule has 1 saturated heterocycles. The molecule has 100 valence electrons. The highest BCUT2D eigenvalue weighted by molar-refractivity contribution is 5.32. The van der Waals surface area contributed by atoms with E-state index in [-0.39, 0.29) is 11.9 Å². The molecule has 3 atom stereocenters. The van der Waals surface area contributed by atoms with Gasteiger partial charge in [-0.15, -0.1) is 0 Å². The van der Waals surface area contributed by atoms with Gasteiger partial charge in [0.25, 0.3) is 0 Å². The molecular weight excluding hydrogens is 229 g/mol. The molecule has 0 aliphatic carbocycles. The molecule has 3 heteroatoms. The number of ether oxygens (including phenoxy) is 1. The second-order valence-electron chi connectivity index (χ2n) is 5.37. The number of nitrogens with one attached hydrogen (secondary N) is 1. The molecule has 2 nitrogen and oxygen atoms in total. The van der Waals surface area contributed by atoms with Crippen LogP contribution in [0.5, 0.6) is 0 Å². The Morgan fingerprint density at radius 3 is 2.39 bits per heavy atom. The van der Waals surface area contributed by atoms with E-state index in [4.69, 9.17) is 4.74 Å². The molecule has 3 unspecified atom stereocenters. The van der Waals surface area contributed by atoms with E-state index < -0.39 is 0 Å². The monoisotopic (exact) mass is 251 g/mol.